The average molecular weight is 163 g/mol. The van der Waals surface area contributed by atoms with Crippen molar-refractivity contribution in [1.82, 2.24) is 0 Å². The van der Waals surface area contributed by atoms with E-state index in [0.717, 1.165) is 7.11 Å². The summed E-state index contributed by atoms with van der Waals surface area (Å²) >= 11 is 0. The highest BCUT2D eigenvalue weighted by atomic mass is 16.5. The third kappa shape index (κ3) is 2.52. The lowest BCUT2D eigenvalue weighted by atomic mass is 10.2. The molecule has 0 aromatic heterocycles. The fourth-order valence-corrected chi connectivity index (χ4v) is 0.531. The molecule has 0 bridgehead atoms. The molecule has 64 valence electrons. The van der Waals surface area contributed by atoms with Gasteiger partial charge < -0.3 is 20.7 Å². The van der Waals surface area contributed by atoms with Crippen LogP contribution in [0.5, 0.6) is 0 Å². The molecule has 6 heteroatoms. The van der Waals surface area contributed by atoms with Gasteiger partial charge in [-0.2, -0.15) is 0 Å². The van der Waals surface area contributed by atoms with Crippen LogP contribution in [0, 0.1) is 0 Å². The van der Waals surface area contributed by atoms with E-state index in [4.69, 9.17) is 15.9 Å². The van der Waals surface area contributed by atoms with Crippen LogP contribution in [0.1, 0.15) is 0 Å². The van der Waals surface area contributed by atoms with Gasteiger partial charge in [-0.25, -0.2) is 4.79 Å². The molecule has 0 rings (SSSR count). The van der Waals surface area contributed by atoms with Gasteiger partial charge in [0.2, 0.25) is 0 Å². The van der Waals surface area contributed by atoms with E-state index < -0.39 is 24.1 Å². The van der Waals surface area contributed by atoms with Crippen molar-refractivity contribution >= 4 is 11.9 Å². The monoisotopic (exact) mass is 163 g/mol. The molecule has 0 spiro atoms. The van der Waals surface area contributed by atoms with E-state index in [1.165, 1.54) is 0 Å². The molecule has 6 nitrogen and oxygen atoms in total. The standard InChI is InChI=1S/C5H9NO5/c1-11-3(5(9)10)2(6)4(7)8/h2-3H,6H2,1H3,(H,7,8)(H,9,10)/t2-,3+/m1/s1. The summed E-state index contributed by atoms with van der Waals surface area (Å²) in [5, 5.41) is 16.6. The van der Waals surface area contributed by atoms with Gasteiger partial charge in [0.1, 0.15) is 6.04 Å². The third-order valence-corrected chi connectivity index (χ3v) is 1.11. The minimum Gasteiger partial charge on any atom is -0.480 e. The first kappa shape index (κ1) is 9.86. The van der Waals surface area contributed by atoms with Gasteiger partial charge in [0.15, 0.2) is 6.10 Å². The smallest absolute Gasteiger partial charge is 0.335 e. The number of carbonyl (C=O) groups is 2. The maximum absolute atomic E-state index is 10.2. The maximum Gasteiger partial charge on any atom is 0.335 e. The Labute approximate surface area is 62.6 Å². The number of nitrogens with two attached hydrogens (primary N) is 1. The van der Waals surface area contributed by atoms with E-state index in [9.17, 15) is 9.59 Å². The highest BCUT2D eigenvalue weighted by Gasteiger charge is 2.30. The minimum absolute atomic E-state index is 1.08. The van der Waals surface area contributed by atoms with Crippen LogP contribution in [0.4, 0.5) is 0 Å². The molecule has 0 aliphatic carbocycles. The van der Waals surface area contributed by atoms with Crippen molar-refractivity contribution in [2.75, 3.05) is 7.11 Å². The molecule has 0 radical (unpaired) electrons. The predicted octanol–water partition coefficient (Wildman–Crippen LogP) is -1.50. The summed E-state index contributed by atoms with van der Waals surface area (Å²) in [6, 6.07) is -1.53. The van der Waals surface area contributed by atoms with E-state index in [0.29, 0.717) is 0 Å². The van der Waals surface area contributed by atoms with Crippen LogP contribution in [0.3, 0.4) is 0 Å². The lowest BCUT2D eigenvalue weighted by Gasteiger charge is -2.13. The normalized spacial score (nSPS) is 15.5. The van der Waals surface area contributed by atoms with Crippen LogP contribution in [-0.2, 0) is 14.3 Å². The Kier molecular flexibility index (Phi) is 3.49. The van der Waals surface area contributed by atoms with Gasteiger partial charge in [0.05, 0.1) is 0 Å². The second-order valence-corrected chi connectivity index (χ2v) is 1.86. The van der Waals surface area contributed by atoms with E-state index in [2.05, 4.69) is 4.74 Å². The van der Waals surface area contributed by atoms with E-state index in [1.807, 2.05) is 0 Å². The lowest BCUT2D eigenvalue weighted by molar-refractivity contribution is -0.156. The molecular formula is C5H9NO5. The Balaban J connectivity index is 4.25. The van der Waals surface area contributed by atoms with Gasteiger partial charge in [-0.3, -0.25) is 4.79 Å². The summed E-state index contributed by atoms with van der Waals surface area (Å²) in [6.45, 7) is 0. The SMILES string of the molecule is CO[C@H](C(=O)O)[C@@H](N)C(=O)O. The number of hydrogen-bond donors (Lipinski definition) is 3. The Hall–Kier alpha value is -1.14. The Morgan fingerprint density at radius 1 is 1.36 bits per heavy atom. The molecule has 0 saturated carbocycles. The van der Waals surface area contributed by atoms with Crippen molar-refractivity contribution < 1.29 is 24.5 Å². The van der Waals surface area contributed by atoms with Crippen molar-refractivity contribution in [2.24, 2.45) is 5.73 Å². The number of rotatable bonds is 4. The number of carboxylic acid groups (broad SMARTS) is 2. The van der Waals surface area contributed by atoms with Gasteiger partial charge in [0, 0.05) is 7.11 Å². The van der Waals surface area contributed by atoms with Gasteiger partial charge in [-0.05, 0) is 0 Å². The van der Waals surface area contributed by atoms with Crippen LogP contribution in [-0.4, -0.2) is 41.4 Å². The zero-order chi connectivity index (χ0) is 9.02. The number of ether oxygens (including phenoxy) is 1. The van der Waals surface area contributed by atoms with Crippen LogP contribution >= 0.6 is 0 Å². The molecule has 4 N–H and O–H groups in total. The van der Waals surface area contributed by atoms with Gasteiger partial charge >= 0.3 is 11.9 Å². The summed E-state index contributed by atoms with van der Waals surface area (Å²) in [6.07, 6.45) is -1.49. The van der Waals surface area contributed by atoms with Crippen LogP contribution < -0.4 is 5.73 Å². The van der Waals surface area contributed by atoms with E-state index in [-0.39, 0.29) is 0 Å². The fourth-order valence-electron chi connectivity index (χ4n) is 0.531. The number of hydrogen-bond acceptors (Lipinski definition) is 4. The van der Waals surface area contributed by atoms with Crippen molar-refractivity contribution in [2.45, 2.75) is 12.1 Å². The van der Waals surface area contributed by atoms with E-state index >= 15 is 0 Å². The fraction of sp³-hybridized carbons (Fsp3) is 0.600. The van der Waals surface area contributed by atoms with Crippen molar-refractivity contribution in [3.05, 3.63) is 0 Å². The predicted molar refractivity (Wildman–Crippen MR) is 34.0 cm³/mol. The van der Waals surface area contributed by atoms with Crippen molar-refractivity contribution in [3.63, 3.8) is 0 Å². The molecule has 0 unspecified atom stereocenters. The van der Waals surface area contributed by atoms with Crippen LogP contribution in [0.2, 0.25) is 0 Å². The van der Waals surface area contributed by atoms with Crippen LogP contribution in [0.15, 0.2) is 0 Å². The zero-order valence-corrected chi connectivity index (χ0v) is 5.85. The first-order chi connectivity index (χ1) is 5.00. The maximum atomic E-state index is 10.2. The highest BCUT2D eigenvalue weighted by Crippen LogP contribution is 1.95. The summed E-state index contributed by atoms with van der Waals surface area (Å²) in [5.74, 6) is -2.79. The van der Waals surface area contributed by atoms with Gasteiger partial charge in [0.25, 0.3) is 0 Å². The lowest BCUT2D eigenvalue weighted by Crippen LogP contribution is -2.47. The third-order valence-electron chi connectivity index (χ3n) is 1.11. The molecule has 0 aliphatic heterocycles. The largest absolute Gasteiger partial charge is 0.480 e. The van der Waals surface area contributed by atoms with Crippen molar-refractivity contribution in [1.29, 1.82) is 0 Å². The first-order valence-electron chi connectivity index (χ1n) is 2.74. The minimum atomic E-state index is -1.53. The molecule has 2 atom stereocenters. The van der Waals surface area contributed by atoms with E-state index in [1.54, 1.807) is 0 Å². The highest BCUT2D eigenvalue weighted by molar-refractivity contribution is 5.84. The molecule has 0 saturated heterocycles. The molecule has 0 amide bonds. The number of carboxylic acids is 2. The molecule has 0 aliphatic rings. The summed E-state index contributed by atoms with van der Waals surface area (Å²) in [4.78, 5) is 20.3. The quantitative estimate of drug-likeness (QED) is 0.465. The molecule has 0 aromatic rings. The first-order valence-corrected chi connectivity index (χ1v) is 2.74. The summed E-state index contributed by atoms with van der Waals surface area (Å²) in [5.41, 5.74) is 4.97. The topological polar surface area (TPSA) is 110 Å². The Morgan fingerprint density at radius 3 is 1.91 bits per heavy atom. The van der Waals surface area contributed by atoms with Gasteiger partial charge in [-0.15, -0.1) is 0 Å². The number of methoxy groups -OCH3 is 1. The van der Waals surface area contributed by atoms with Crippen LogP contribution in [0.25, 0.3) is 0 Å². The second kappa shape index (κ2) is 3.89. The Morgan fingerprint density at radius 2 is 1.82 bits per heavy atom. The molecule has 0 heterocycles. The molecule has 0 aromatic carbocycles. The van der Waals surface area contributed by atoms with Gasteiger partial charge in [-0.1, -0.05) is 0 Å². The Bertz CT molecular complexity index is 168. The summed E-state index contributed by atoms with van der Waals surface area (Å²) in [7, 11) is 1.08. The second-order valence-electron chi connectivity index (χ2n) is 1.86. The zero-order valence-electron chi connectivity index (χ0n) is 5.85. The van der Waals surface area contributed by atoms with Crippen molar-refractivity contribution in [3.8, 4) is 0 Å². The molecule has 0 fully saturated rings. The molecule has 11 heavy (non-hydrogen) atoms. The number of aliphatic carboxylic acids is 2. The molecular weight excluding hydrogens is 154 g/mol. The summed E-state index contributed by atoms with van der Waals surface area (Å²) < 4.78 is 4.33. The average Bonchev–Trinajstić information content (AvgIpc) is 1.88.